The summed E-state index contributed by atoms with van der Waals surface area (Å²) in [5, 5.41) is 43.0. The summed E-state index contributed by atoms with van der Waals surface area (Å²) in [6.07, 6.45) is 8.35. The van der Waals surface area contributed by atoms with Crippen LogP contribution in [0, 0.1) is 10.8 Å². The number of hydrogen-bond acceptors (Lipinski definition) is 8. The number of isothiocyanates is 2. The molecule has 3 rings (SSSR count). The van der Waals surface area contributed by atoms with E-state index in [1.807, 2.05) is 24.3 Å². The third-order valence-electron chi connectivity index (χ3n) is 6.23. The molecule has 1 aliphatic rings. The zero-order chi connectivity index (χ0) is 31.8. The van der Waals surface area contributed by atoms with Crippen LogP contribution < -0.4 is 10.2 Å². The fourth-order valence-corrected chi connectivity index (χ4v) is 3.93. The molecule has 2 aromatic carbocycles. The quantitative estimate of drug-likeness (QED) is 0.222. The average molecular weight is 734 g/mol. The first-order valence-corrected chi connectivity index (χ1v) is 14.4. The summed E-state index contributed by atoms with van der Waals surface area (Å²) in [6, 6.07) is 7.64. The van der Waals surface area contributed by atoms with E-state index in [2.05, 4.69) is 85.9 Å². The molecule has 4 bridgehead atoms. The molecule has 12 heteroatoms. The third kappa shape index (κ3) is 15.5. The molecule has 2 aromatic rings. The standard InChI is InChI=1S/C30H40N4O2.2CNS.2Zn/c1-7-21-9-23-13-31-17-29(3,4)19-33-15-25-11-22(8-2)12-26(28(25)36)16-34-20-30(5,6)18-32-14-24(10-21)27(23)35;2*2-1-3;;/h9-16,35-36H,7-8,17-20H2,1-6H3;;;;/q;2*-1;2*+2/p-2. The van der Waals surface area contributed by atoms with E-state index in [0.29, 0.717) is 48.4 Å². The summed E-state index contributed by atoms with van der Waals surface area (Å²) >= 11 is 7.40. The largest absolute Gasteiger partial charge is 2.00 e. The predicted octanol–water partition coefficient (Wildman–Crippen LogP) is 5.71. The van der Waals surface area contributed by atoms with Crippen molar-refractivity contribution >= 4 is 59.6 Å². The molecule has 0 atom stereocenters. The number of aliphatic imine (C=N–C) groups is 4. The average Bonchev–Trinajstić information content (AvgIpc) is 2.92. The second kappa shape index (κ2) is 22.1. The van der Waals surface area contributed by atoms with Crippen molar-refractivity contribution in [3.63, 3.8) is 0 Å². The van der Waals surface area contributed by atoms with E-state index in [1.165, 1.54) is 10.3 Å². The first kappa shape index (κ1) is 43.7. The van der Waals surface area contributed by atoms with Gasteiger partial charge in [-0.15, -0.1) is 0 Å². The van der Waals surface area contributed by atoms with Crippen LogP contribution in [0.2, 0.25) is 0 Å². The maximum absolute atomic E-state index is 13.1. The van der Waals surface area contributed by atoms with Crippen LogP contribution in [0.15, 0.2) is 44.2 Å². The van der Waals surface area contributed by atoms with Crippen LogP contribution in [0.4, 0.5) is 0 Å². The van der Waals surface area contributed by atoms with Crippen molar-refractivity contribution in [3.05, 3.63) is 68.5 Å². The molecular formula is C32H38N6O2S2Zn2. The van der Waals surface area contributed by atoms with Crippen LogP contribution in [-0.4, -0.2) is 61.4 Å². The van der Waals surface area contributed by atoms with Crippen molar-refractivity contribution in [1.82, 2.24) is 0 Å². The number of nitrogens with zero attached hydrogens (tertiary/aromatic N) is 6. The fraction of sp³-hybridized carbons (Fsp3) is 0.438. The van der Waals surface area contributed by atoms with Gasteiger partial charge >= 0.3 is 39.0 Å². The molecular weight excluding hydrogens is 695 g/mol. The predicted molar refractivity (Wildman–Crippen MR) is 180 cm³/mol. The van der Waals surface area contributed by atoms with Gasteiger partial charge in [-0.1, -0.05) is 102 Å². The Labute approximate surface area is 298 Å². The van der Waals surface area contributed by atoms with Gasteiger partial charge in [-0.3, -0.25) is 20.0 Å². The van der Waals surface area contributed by atoms with Gasteiger partial charge < -0.3 is 21.0 Å². The van der Waals surface area contributed by atoms with Gasteiger partial charge in [0.2, 0.25) is 0 Å². The van der Waals surface area contributed by atoms with Crippen LogP contribution in [-0.2, 0) is 51.8 Å². The van der Waals surface area contributed by atoms with E-state index in [9.17, 15) is 10.2 Å². The molecule has 0 fully saturated rings. The number of thiocarbonyl (C=S) groups is 2. The number of benzene rings is 2. The van der Waals surface area contributed by atoms with Crippen molar-refractivity contribution < 1.29 is 49.2 Å². The Morgan fingerprint density at radius 2 is 0.818 bits per heavy atom. The van der Waals surface area contributed by atoms with E-state index >= 15 is 0 Å². The molecule has 1 heterocycles. The second-order valence-corrected chi connectivity index (χ2v) is 11.7. The summed E-state index contributed by atoms with van der Waals surface area (Å²) < 4.78 is 0. The van der Waals surface area contributed by atoms with Crippen molar-refractivity contribution in [1.29, 1.82) is 0 Å². The van der Waals surface area contributed by atoms with Crippen LogP contribution in [0.25, 0.3) is 10.8 Å². The summed E-state index contributed by atoms with van der Waals surface area (Å²) in [4.78, 5) is 18.4. The van der Waals surface area contributed by atoms with Gasteiger partial charge in [-0.2, -0.15) is 10.3 Å². The van der Waals surface area contributed by atoms with Gasteiger partial charge in [0.15, 0.2) is 0 Å². The molecule has 8 nitrogen and oxygen atoms in total. The van der Waals surface area contributed by atoms with Crippen molar-refractivity contribution in [2.75, 3.05) is 26.2 Å². The van der Waals surface area contributed by atoms with Crippen LogP contribution in [0.3, 0.4) is 0 Å². The van der Waals surface area contributed by atoms with E-state index in [1.54, 1.807) is 24.9 Å². The molecule has 0 aliphatic carbocycles. The Bertz CT molecular complexity index is 1210. The normalized spacial score (nSPS) is 14.9. The van der Waals surface area contributed by atoms with Gasteiger partial charge in [0.05, 0.1) is 0 Å². The Kier molecular flexibility index (Phi) is 22.0. The molecule has 44 heavy (non-hydrogen) atoms. The molecule has 0 N–H and O–H groups in total. The maximum atomic E-state index is 13.1. The molecule has 0 spiro atoms. The van der Waals surface area contributed by atoms with E-state index in [4.69, 9.17) is 10.8 Å². The van der Waals surface area contributed by atoms with Crippen LogP contribution >= 0.6 is 24.4 Å². The fourth-order valence-electron chi connectivity index (χ4n) is 3.93. The molecule has 1 aliphatic heterocycles. The third-order valence-corrected chi connectivity index (χ3v) is 6.23. The van der Waals surface area contributed by atoms with Crippen LogP contribution in [0.5, 0.6) is 11.5 Å². The zero-order valence-corrected chi connectivity index (χ0v) is 34.2. The Hall–Kier alpha value is -2.43. The topological polar surface area (TPSA) is 140 Å². The first-order chi connectivity index (χ1) is 19.9. The molecule has 0 aromatic heterocycles. The molecule has 0 unspecified atom stereocenters. The molecule has 224 valence electrons. The second-order valence-electron chi connectivity index (χ2n) is 11.3. The number of hydrogen-bond donors (Lipinski definition) is 0. The number of fused-ring (bicyclic) bond motifs is 4. The summed E-state index contributed by atoms with van der Waals surface area (Å²) in [6.45, 7) is 14.5. The smallest absolute Gasteiger partial charge is 0.872 e. The van der Waals surface area contributed by atoms with E-state index < -0.39 is 0 Å². The van der Waals surface area contributed by atoms with Gasteiger partial charge in [0.1, 0.15) is 0 Å². The van der Waals surface area contributed by atoms with Crippen molar-refractivity contribution in [2.24, 2.45) is 30.8 Å². The molecule has 0 saturated carbocycles. The Balaban J connectivity index is 0. The van der Waals surface area contributed by atoms with Gasteiger partial charge in [-0.25, -0.2) is 0 Å². The maximum Gasteiger partial charge on any atom is 2.00 e. The Morgan fingerprint density at radius 1 is 0.614 bits per heavy atom. The number of aryl methyl sites for hydroxylation is 2. The minimum absolute atomic E-state index is 0. The summed E-state index contributed by atoms with van der Waals surface area (Å²) in [5.41, 5.74) is 4.00. The number of rotatable bonds is 2. The molecule has 0 saturated heterocycles. The Morgan fingerprint density at radius 3 is 1.00 bits per heavy atom. The van der Waals surface area contributed by atoms with Gasteiger partial charge in [-0.05, 0) is 46.2 Å². The molecule has 0 amide bonds. The van der Waals surface area contributed by atoms with E-state index in [-0.39, 0.29) is 61.3 Å². The SMILES string of the molecule is CCc1cc2c([O-])c(c1)C=NCC(C)(C)CN=Cc1cc(CC)cc(c1[O-])C=NCC(C)(C)CN=C2.[N-]=C=S.[N-]=C=S.[Zn+2].[Zn+2]. The minimum atomic E-state index is -0.231. The summed E-state index contributed by atoms with van der Waals surface area (Å²) in [7, 11) is 0. The van der Waals surface area contributed by atoms with Crippen molar-refractivity contribution in [2.45, 2.75) is 54.4 Å². The summed E-state index contributed by atoms with van der Waals surface area (Å²) in [5.74, 6) is -0.122. The zero-order valence-electron chi connectivity index (χ0n) is 26.6. The van der Waals surface area contributed by atoms with Crippen molar-refractivity contribution in [3.8, 4) is 11.5 Å². The molecule has 0 radical (unpaired) electrons. The van der Waals surface area contributed by atoms with E-state index in [0.717, 1.165) is 24.0 Å². The van der Waals surface area contributed by atoms with Crippen LogP contribution in [0.1, 0.15) is 74.9 Å². The minimum Gasteiger partial charge on any atom is -0.872 e. The monoisotopic (exact) mass is 730 g/mol. The first-order valence-electron chi connectivity index (χ1n) is 13.6. The van der Waals surface area contributed by atoms with Gasteiger partial charge in [0.25, 0.3) is 0 Å². The van der Waals surface area contributed by atoms with Gasteiger partial charge in [0, 0.05) is 61.9 Å².